The summed E-state index contributed by atoms with van der Waals surface area (Å²) in [7, 11) is 0. The van der Waals surface area contributed by atoms with Gasteiger partial charge in [0.25, 0.3) is 5.22 Å². The summed E-state index contributed by atoms with van der Waals surface area (Å²) >= 11 is 0.981. The summed E-state index contributed by atoms with van der Waals surface area (Å²) in [6.07, 6.45) is -4.68. The Bertz CT molecular complexity index is 1000. The lowest BCUT2D eigenvalue weighted by molar-refractivity contribution is -0.237. The monoisotopic (exact) mass is 481 g/mol. The minimum Gasteiger partial charge on any atom is -0.463 e. The molecule has 0 amide bonds. The zero-order chi connectivity index (χ0) is 24.1. The Kier molecular flexibility index (Phi) is 7.92. The lowest BCUT2D eigenvalue weighted by Crippen LogP contribution is -2.61. The summed E-state index contributed by atoms with van der Waals surface area (Å²) in [4.78, 5) is 51.2. The molecule has 0 N–H and O–H groups in total. The first-order chi connectivity index (χ1) is 15.6. The third-order valence-electron chi connectivity index (χ3n) is 4.44. The molecule has 33 heavy (non-hydrogen) atoms. The van der Waals surface area contributed by atoms with Crippen LogP contribution < -0.4 is 0 Å². The van der Waals surface area contributed by atoms with Gasteiger partial charge >= 0.3 is 23.9 Å². The third-order valence-corrected chi connectivity index (χ3v) is 5.43. The fraction of sp³-hybridized carbons (Fsp3) is 0.476. The number of carbonyl (C=O) groups excluding carboxylic acids is 4. The number of esters is 4. The average Bonchev–Trinajstić information content (AvgIpc) is 3.12. The van der Waals surface area contributed by atoms with Gasteiger partial charge in [0.1, 0.15) is 18.2 Å². The maximum atomic E-state index is 11.9. The maximum Gasteiger partial charge on any atom is 0.303 e. The van der Waals surface area contributed by atoms with Gasteiger partial charge in [0.05, 0.1) is 0 Å². The van der Waals surface area contributed by atoms with Crippen molar-refractivity contribution in [2.75, 3.05) is 6.61 Å². The Labute approximate surface area is 193 Å². The summed E-state index contributed by atoms with van der Waals surface area (Å²) in [6.45, 7) is 4.41. The molecule has 0 spiro atoms. The molecule has 1 aromatic heterocycles. The molecule has 5 atom stereocenters. The Morgan fingerprint density at radius 1 is 0.879 bits per heavy atom. The van der Waals surface area contributed by atoms with Gasteiger partial charge in [-0.1, -0.05) is 12.1 Å². The molecular weight excluding hydrogens is 458 g/mol. The first kappa shape index (κ1) is 24.5. The van der Waals surface area contributed by atoms with E-state index in [1.807, 2.05) is 0 Å². The first-order valence-electron chi connectivity index (χ1n) is 9.96. The molecule has 1 aliphatic heterocycles. The molecule has 1 fully saturated rings. The number of para-hydroxylation sites is 2. The molecule has 3 rings (SSSR count). The standard InChI is InChI=1S/C21H23NO10S/c1-10(23)27-9-16-17(28-11(2)24)18(29-12(3)25)19(30-13(4)26)20(31-16)33-21-22-14-7-5-6-8-15(14)32-21/h5-8,16-20H,9H2,1-4H3. The minimum atomic E-state index is -1.24. The molecule has 178 valence electrons. The van der Waals surface area contributed by atoms with Gasteiger partial charge in [-0.15, -0.1) is 0 Å². The average molecular weight is 481 g/mol. The second-order valence-electron chi connectivity index (χ2n) is 7.13. The van der Waals surface area contributed by atoms with Crippen LogP contribution in [0, 0.1) is 0 Å². The molecule has 0 saturated carbocycles. The fourth-order valence-electron chi connectivity index (χ4n) is 3.28. The second kappa shape index (κ2) is 10.7. The molecule has 1 aliphatic rings. The van der Waals surface area contributed by atoms with Crippen molar-refractivity contribution in [3.8, 4) is 0 Å². The number of hydrogen-bond donors (Lipinski definition) is 0. The van der Waals surface area contributed by atoms with Crippen LogP contribution in [0.4, 0.5) is 0 Å². The van der Waals surface area contributed by atoms with E-state index < -0.39 is 53.7 Å². The van der Waals surface area contributed by atoms with Crippen molar-refractivity contribution in [3.05, 3.63) is 24.3 Å². The molecule has 0 radical (unpaired) electrons. The molecule has 12 heteroatoms. The summed E-state index contributed by atoms with van der Waals surface area (Å²) in [5.74, 6) is -2.66. The van der Waals surface area contributed by atoms with E-state index in [-0.39, 0.29) is 11.8 Å². The van der Waals surface area contributed by atoms with E-state index in [1.54, 1.807) is 24.3 Å². The number of carbonyl (C=O) groups is 4. The quantitative estimate of drug-likeness (QED) is 0.422. The van der Waals surface area contributed by atoms with Gasteiger partial charge in [0.15, 0.2) is 29.3 Å². The van der Waals surface area contributed by atoms with Crippen LogP contribution in [0.5, 0.6) is 0 Å². The Morgan fingerprint density at radius 3 is 2.09 bits per heavy atom. The Morgan fingerprint density at radius 2 is 1.48 bits per heavy atom. The summed E-state index contributed by atoms with van der Waals surface area (Å²) < 4.78 is 33.0. The van der Waals surface area contributed by atoms with Gasteiger partial charge in [-0.2, -0.15) is 0 Å². The zero-order valence-corrected chi connectivity index (χ0v) is 19.2. The minimum absolute atomic E-state index is 0.206. The van der Waals surface area contributed by atoms with Crippen LogP contribution in [0.15, 0.2) is 33.9 Å². The van der Waals surface area contributed by atoms with Crippen molar-refractivity contribution < 1.29 is 47.3 Å². The van der Waals surface area contributed by atoms with Crippen LogP contribution in [0.2, 0.25) is 0 Å². The van der Waals surface area contributed by atoms with Gasteiger partial charge in [-0.3, -0.25) is 19.2 Å². The van der Waals surface area contributed by atoms with Crippen molar-refractivity contribution in [2.24, 2.45) is 0 Å². The highest BCUT2D eigenvalue weighted by atomic mass is 32.2. The molecule has 0 bridgehead atoms. The summed E-state index contributed by atoms with van der Waals surface area (Å²) in [5.41, 5.74) is 0.134. The maximum absolute atomic E-state index is 11.9. The number of aromatic nitrogens is 1. The summed E-state index contributed by atoms with van der Waals surface area (Å²) in [5, 5.41) is 0.206. The predicted molar refractivity (Wildman–Crippen MR) is 112 cm³/mol. The van der Waals surface area contributed by atoms with Gasteiger partial charge in [-0.05, 0) is 23.9 Å². The van der Waals surface area contributed by atoms with E-state index >= 15 is 0 Å². The molecule has 0 aliphatic carbocycles. The van der Waals surface area contributed by atoms with Crippen LogP contribution in [0.1, 0.15) is 27.7 Å². The Hall–Kier alpha value is -3.12. The SMILES string of the molecule is CC(=O)OCC1OC(Sc2nc3ccccc3o2)C(OC(C)=O)C(OC(C)=O)C1OC(C)=O. The zero-order valence-electron chi connectivity index (χ0n) is 18.3. The van der Waals surface area contributed by atoms with Crippen LogP contribution >= 0.6 is 11.8 Å². The smallest absolute Gasteiger partial charge is 0.303 e. The van der Waals surface area contributed by atoms with Crippen LogP contribution in [0.3, 0.4) is 0 Å². The molecule has 5 unspecified atom stereocenters. The van der Waals surface area contributed by atoms with Crippen LogP contribution in [-0.2, 0) is 42.9 Å². The van der Waals surface area contributed by atoms with Crippen LogP contribution in [0.25, 0.3) is 11.1 Å². The number of benzene rings is 1. The lowest BCUT2D eigenvalue weighted by atomic mass is 9.99. The number of nitrogens with zero attached hydrogens (tertiary/aromatic N) is 1. The third kappa shape index (κ3) is 6.45. The van der Waals surface area contributed by atoms with Crippen molar-refractivity contribution in [1.82, 2.24) is 4.98 Å². The van der Waals surface area contributed by atoms with Crippen molar-refractivity contribution in [2.45, 2.75) is 62.8 Å². The highest BCUT2D eigenvalue weighted by Gasteiger charge is 2.52. The van der Waals surface area contributed by atoms with E-state index in [0.29, 0.717) is 11.1 Å². The predicted octanol–water partition coefficient (Wildman–Crippen LogP) is 2.00. The summed E-state index contributed by atoms with van der Waals surface area (Å²) in [6, 6.07) is 7.08. The highest BCUT2D eigenvalue weighted by molar-refractivity contribution is 7.99. The van der Waals surface area contributed by atoms with Gasteiger partial charge < -0.3 is 28.1 Å². The number of ether oxygens (including phenoxy) is 5. The van der Waals surface area contributed by atoms with E-state index in [4.69, 9.17) is 28.1 Å². The van der Waals surface area contributed by atoms with Gasteiger partial charge in [0.2, 0.25) is 0 Å². The molecule has 2 heterocycles. The van der Waals surface area contributed by atoms with Gasteiger partial charge in [0, 0.05) is 27.7 Å². The van der Waals surface area contributed by atoms with Crippen molar-refractivity contribution >= 4 is 46.7 Å². The first-order valence-corrected chi connectivity index (χ1v) is 10.8. The second-order valence-corrected chi connectivity index (χ2v) is 8.18. The van der Waals surface area contributed by atoms with Gasteiger partial charge in [-0.25, -0.2) is 4.98 Å². The van der Waals surface area contributed by atoms with E-state index in [2.05, 4.69) is 4.98 Å². The molecule has 1 aromatic carbocycles. The largest absolute Gasteiger partial charge is 0.463 e. The number of hydrogen-bond acceptors (Lipinski definition) is 12. The molecule has 1 saturated heterocycles. The normalized spacial score (nSPS) is 24.7. The Balaban J connectivity index is 1.98. The molecular formula is C21H23NO10S. The number of fused-ring (bicyclic) bond motifs is 1. The topological polar surface area (TPSA) is 140 Å². The lowest BCUT2D eigenvalue weighted by Gasteiger charge is -2.43. The number of rotatable bonds is 7. The number of oxazole rings is 1. The molecule has 2 aromatic rings. The van der Waals surface area contributed by atoms with E-state index in [9.17, 15) is 19.2 Å². The van der Waals surface area contributed by atoms with Crippen molar-refractivity contribution in [1.29, 1.82) is 0 Å². The molecule has 11 nitrogen and oxygen atoms in total. The van der Waals surface area contributed by atoms with E-state index in [1.165, 1.54) is 13.8 Å². The van der Waals surface area contributed by atoms with Crippen molar-refractivity contribution in [3.63, 3.8) is 0 Å². The number of thioether (sulfide) groups is 1. The van der Waals surface area contributed by atoms with E-state index in [0.717, 1.165) is 25.6 Å². The fourth-order valence-corrected chi connectivity index (χ4v) is 4.31. The highest BCUT2D eigenvalue weighted by Crippen LogP contribution is 2.38. The van der Waals surface area contributed by atoms with Crippen LogP contribution in [-0.4, -0.2) is 65.3 Å².